The van der Waals surface area contributed by atoms with E-state index in [-0.39, 0.29) is 29.7 Å². The van der Waals surface area contributed by atoms with E-state index in [1.807, 2.05) is 24.3 Å². The van der Waals surface area contributed by atoms with Crippen molar-refractivity contribution in [2.24, 2.45) is 0 Å². The molecule has 0 saturated heterocycles. The summed E-state index contributed by atoms with van der Waals surface area (Å²) in [6, 6.07) is 11.3. The van der Waals surface area contributed by atoms with Crippen LogP contribution in [0.3, 0.4) is 0 Å². The summed E-state index contributed by atoms with van der Waals surface area (Å²) in [5.41, 5.74) is 1.35. The van der Waals surface area contributed by atoms with Crippen molar-refractivity contribution in [1.29, 1.82) is 0 Å². The second kappa shape index (κ2) is 8.26. The Morgan fingerprint density at radius 2 is 2.11 bits per heavy atom. The average Bonchev–Trinajstić information content (AvgIpc) is 2.68. The normalized spacial score (nSPS) is 15.7. The van der Waals surface area contributed by atoms with Gasteiger partial charge in [-0.25, -0.2) is 0 Å². The van der Waals surface area contributed by atoms with Crippen LogP contribution in [-0.2, 0) is 11.2 Å². The standard InChI is InChI=1S/C23H24N2O3/c1-4-23(2,3)25-22(27)20-14-16(9-11-24-20)13-18(26)15-17-10-12-28-21-8-6-5-7-19(17)21/h1,5-9,11,14,17H,10,12-13,15H2,2-3H3,(H,25,27). The zero-order valence-electron chi connectivity index (χ0n) is 16.2. The molecule has 1 aromatic heterocycles. The number of ketones is 1. The zero-order valence-corrected chi connectivity index (χ0v) is 16.2. The number of fused-ring (bicyclic) bond motifs is 1. The summed E-state index contributed by atoms with van der Waals surface area (Å²) >= 11 is 0. The Morgan fingerprint density at radius 1 is 1.32 bits per heavy atom. The molecule has 5 heteroatoms. The molecule has 3 rings (SSSR count). The van der Waals surface area contributed by atoms with Crippen molar-refractivity contribution in [2.75, 3.05) is 6.61 Å². The molecular formula is C23H24N2O3. The van der Waals surface area contributed by atoms with Crippen LogP contribution in [0.15, 0.2) is 42.6 Å². The molecule has 1 unspecified atom stereocenters. The minimum atomic E-state index is -0.763. The van der Waals surface area contributed by atoms with E-state index in [4.69, 9.17) is 11.2 Å². The first-order valence-electron chi connectivity index (χ1n) is 9.36. The lowest BCUT2D eigenvalue weighted by atomic mass is 9.87. The van der Waals surface area contributed by atoms with E-state index in [9.17, 15) is 9.59 Å². The van der Waals surface area contributed by atoms with E-state index in [0.29, 0.717) is 13.0 Å². The second-order valence-electron chi connectivity index (χ2n) is 7.56. The Kier molecular flexibility index (Phi) is 5.79. The molecule has 2 heterocycles. The number of hydrogen-bond acceptors (Lipinski definition) is 4. The van der Waals surface area contributed by atoms with Gasteiger partial charge in [-0.15, -0.1) is 6.42 Å². The van der Waals surface area contributed by atoms with Gasteiger partial charge in [0.2, 0.25) is 0 Å². The van der Waals surface area contributed by atoms with Crippen molar-refractivity contribution < 1.29 is 14.3 Å². The highest BCUT2D eigenvalue weighted by molar-refractivity contribution is 5.93. The fourth-order valence-corrected chi connectivity index (χ4v) is 3.29. The molecule has 5 nitrogen and oxygen atoms in total. The number of benzene rings is 1. The number of amides is 1. The Balaban J connectivity index is 1.66. The van der Waals surface area contributed by atoms with E-state index < -0.39 is 5.54 Å². The summed E-state index contributed by atoms with van der Waals surface area (Å²) < 4.78 is 5.67. The molecule has 2 aromatic rings. The smallest absolute Gasteiger partial charge is 0.271 e. The zero-order chi connectivity index (χ0) is 20.1. The lowest BCUT2D eigenvalue weighted by molar-refractivity contribution is -0.118. The fourth-order valence-electron chi connectivity index (χ4n) is 3.29. The molecule has 0 bridgehead atoms. The maximum absolute atomic E-state index is 12.7. The van der Waals surface area contributed by atoms with E-state index >= 15 is 0 Å². The Bertz CT molecular complexity index is 927. The number of para-hydroxylation sites is 1. The predicted octanol–water partition coefficient (Wildman–Crippen LogP) is 3.29. The van der Waals surface area contributed by atoms with Gasteiger partial charge >= 0.3 is 0 Å². The fraction of sp³-hybridized carbons (Fsp3) is 0.348. The quantitative estimate of drug-likeness (QED) is 0.786. The van der Waals surface area contributed by atoms with Crippen LogP contribution in [0.1, 0.15) is 54.2 Å². The van der Waals surface area contributed by atoms with Crippen molar-refractivity contribution >= 4 is 11.7 Å². The third kappa shape index (κ3) is 4.77. The number of rotatable bonds is 6. The molecule has 1 amide bonds. The van der Waals surface area contributed by atoms with Crippen LogP contribution in [-0.4, -0.2) is 28.8 Å². The lowest BCUT2D eigenvalue weighted by Gasteiger charge is -2.25. The van der Waals surface area contributed by atoms with Crippen LogP contribution >= 0.6 is 0 Å². The minimum Gasteiger partial charge on any atom is -0.493 e. The van der Waals surface area contributed by atoms with Gasteiger partial charge in [0.1, 0.15) is 17.2 Å². The summed E-state index contributed by atoms with van der Waals surface area (Å²) in [4.78, 5) is 29.1. The average molecular weight is 376 g/mol. The summed E-state index contributed by atoms with van der Waals surface area (Å²) in [6.07, 6.45) is 8.50. The summed E-state index contributed by atoms with van der Waals surface area (Å²) in [6.45, 7) is 4.10. The summed E-state index contributed by atoms with van der Waals surface area (Å²) in [5, 5.41) is 2.74. The molecule has 1 aliphatic heterocycles. The van der Waals surface area contributed by atoms with Crippen molar-refractivity contribution in [1.82, 2.24) is 10.3 Å². The number of carbonyl (C=O) groups is 2. The Hall–Kier alpha value is -3.13. The van der Waals surface area contributed by atoms with E-state index in [1.165, 1.54) is 0 Å². The first-order chi connectivity index (χ1) is 13.4. The highest BCUT2D eigenvalue weighted by atomic mass is 16.5. The monoisotopic (exact) mass is 376 g/mol. The van der Waals surface area contributed by atoms with Crippen LogP contribution in [0, 0.1) is 12.3 Å². The number of Topliss-reactive ketones (excluding diaryl/α,β-unsaturated/α-hetero) is 1. The molecule has 0 spiro atoms. The molecule has 0 saturated carbocycles. The maximum atomic E-state index is 12.7. The van der Waals surface area contributed by atoms with Gasteiger partial charge in [0.05, 0.1) is 12.1 Å². The SMILES string of the molecule is C#CC(C)(C)NC(=O)c1cc(CC(=O)CC2CCOc3ccccc32)ccn1. The highest BCUT2D eigenvalue weighted by Crippen LogP contribution is 2.35. The predicted molar refractivity (Wildman–Crippen MR) is 107 cm³/mol. The third-order valence-electron chi connectivity index (χ3n) is 4.80. The van der Waals surface area contributed by atoms with Crippen molar-refractivity contribution in [3.63, 3.8) is 0 Å². The van der Waals surface area contributed by atoms with Gasteiger partial charge in [-0.2, -0.15) is 0 Å². The van der Waals surface area contributed by atoms with E-state index in [0.717, 1.165) is 23.3 Å². The molecule has 1 aliphatic rings. The number of aromatic nitrogens is 1. The maximum Gasteiger partial charge on any atom is 0.271 e. The van der Waals surface area contributed by atoms with Crippen LogP contribution in [0.2, 0.25) is 0 Å². The van der Waals surface area contributed by atoms with Gasteiger partial charge < -0.3 is 10.1 Å². The number of hydrogen-bond donors (Lipinski definition) is 1. The molecule has 144 valence electrons. The van der Waals surface area contributed by atoms with E-state index in [1.54, 1.807) is 32.2 Å². The van der Waals surface area contributed by atoms with Crippen LogP contribution < -0.4 is 10.1 Å². The van der Waals surface area contributed by atoms with Gasteiger partial charge in [0.15, 0.2) is 0 Å². The van der Waals surface area contributed by atoms with Gasteiger partial charge in [-0.05, 0) is 55.5 Å². The van der Waals surface area contributed by atoms with Gasteiger partial charge in [0, 0.05) is 19.0 Å². The molecule has 0 aliphatic carbocycles. The lowest BCUT2D eigenvalue weighted by Crippen LogP contribution is -2.42. The Labute approximate surface area is 165 Å². The first-order valence-corrected chi connectivity index (χ1v) is 9.36. The van der Waals surface area contributed by atoms with Gasteiger partial charge in [-0.3, -0.25) is 14.6 Å². The molecule has 0 radical (unpaired) electrons. The largest absolute Gasteiger partial charge is 0.493 e. The number of nitrogens with zero attached hydrogens (tertiary/aromatic N) is 1. The Morgan fingerprint density at radius 3 is 2.89 bits per heavy atom. The topological polar surface area (TPSA) is 68.3 Å². The molecule has 1 aromatic carbocycles. The van der Waals surface area contributed by atoms with Crippen LogP contribution in [0.5, 0.6) is 5.75 Å². The molecule has 1 N–H and O–H groups in total. The minimum absolute atomic E-state index is 0.128. The van der Waals surface area contributed by atoms with Gasteiger partial charge in [-0.1, -0.05) is 24.1 Å². The molecule has 0 fully saturated rings. The number of nitrogens with one attached hydrogen (secondary N) is 1. The van der Waals surface area contributed by atoms with Crippen molar-refractivity contribution in [3.8, 4) is 18.1 Å². The number of carbonyl (C=O) groups excluding carboxylic acids is 2. The van der Waals surface area contributed by atoms with Crippen LogP contribution in [0.25, 0.3) is 0 Å². The molecule has 28 heavy (non-hydrogen) atoms. The van der Waals surface area contributed by atoms with E-state index in [2.05, 4.69) is 16.2 Å². The summed E-state index contributed by atoms with van der Waals surface area (Å²) in [5.74, 6) is 3.33. The van der Waals surface area contributed by atoms with Gasteiger partial charge in [0.25, 0.3) is 5.91 Å². The van der Waals surface area contributed by atoms with Crippen molar-refractivity contribution in [2.45, 2.75) is 44.6 Å². The number of terminal acetylenes is 1. The number of pyridine rings is 1. The third-order valence-corrected chi connectivity index (χ3v) is 4.80. The number of ether oxygens (including phenoxy) is 1. The van der Waals surface area contributed by atoms with Crippen LogP contribution in [0.4, 0.5) is 0 Å². The second-order valence-corrected chi connectivity index (χ2v) is 7.56. The molecule has 1 atom stereocenters. The highest BCUT2D eigenvalue weighted by Gasteiger charge is 2.24. The molecular weight excluding hydrogens is 352 g/mol. The first kappa shape index (κ1) is 19.6. The van der Waals surface area contributed by atoms with Crippen molar-refractivity contribution in [3.05, 3.63) is 59.4 Å². The summed E-state index contributed by atoms with van der Waals surface area (Å²) in [7, 11) is 0.